The molecule has 0 bridgehead atoms. The topological polar surface area (TPSA) is 69.2 Å². The minimum atomic E-state index is -1.37. The van der Waals surface area contributed by atoms with Crippen LogP contribution in [0.15, 0.2) is 36.4 Å². The molecule has 1 aromatic rings. The zero-order valence-electron chi connectivity index (χ0n) is 9.18. The van der Waals surface area contributed by atoms with E-state index in [0.29, 0.717) is 0 Å². The highest BCUT2D eigenvalue weighted by Crippen LogP contribution is 2.21. The van der Waals surface area contributed by atoms with Crippen LogP contribution in [0.1, 0.15) is 11.1 Å². The summed E-state index contributed by atoms with van der Waals surface area (Å²) < 4.78 is 0. The molecule has 0 aromatic heterocycles. The molecular weight excluding hydrogens is 218 g/mol. The lowest BCUT2D eigenvalue weighted by Crippen LogP contribution is -2.34. The van der Waals surface area contributed by atoms with Gasteiger partial charge in [-0.3, -0.25) is 4.79 Å². The molecule has 0 saturated carbocycles. The molecule has 1 amide bonds. The molecule has 0 unspecified atom stereocenters. The van der Waals surface area contributed by atoms with Crippen molar-refractivity contribution in [2.45, 2.75) is 18.9 Å². The van der Waals surface area contributed by atoms with Crippen molar-refractivity contribution in [2.75, 3.05) is 0 Å². The van der Waals surface area contributed by atoms with Gasteiger partial charge in [0.05, 0.1) is 5.97 Å². The normalized spacial score (nSPS) is 14.8. The number of hydrogen-bond donors (Lipinski definition) is 1. The molecular formula is C13H12NO3-. The van der Waals surface area contributed by atoms with Gasteiger partial charge in [-0.25, -0.2) is 0 Å². The minimum absolute atomic E-state index is 0.0475. The Hall–Kier alpha value is -2.10. The summed E-state index contributed by atoms with van der Waals surface area (Å²) in [5.74, 6) is -1.76. The number of fused-ring (bicyclic) bond motifs is 1. The van der Waals surface area contributed by atoms with Crippen molar-refractivity contribution in [3.8, 4) is 0 Å². The Bertz CT molecular complexity index is 454. The second-order valence-corrected chi connectivity index (χ2v) is 4.03. The largest absolute Gasteiger partial charge is 0.545 e. The van der Waals surface area contributed by atoms with Gasteiger partial charge in [0.2, 0.25) is 5.91 Å². The smallest absolute Gasteiger partial charge is 0.244 e. The fraction of sp³-hybridized carbons (Fsp3) is 0.231. The summed E-state index contributed by atoms with van der Waals surface area (Å²) in [6, 6.07) is 8.07. The molecule has 0 radical (unpaired) electrons. The lowest BCUT2D eigenvalue weighted by molar-refractivity contribution is -0.297. The maximum atomic E-state index is 11.4. The summed E-state index contributed by atoms with van der Waals surface area (Å²) >= 11 is 0. The van der Waals surface area contributed by atoms with Gasteiger partial charge in [0.25, 0.3) is 0 Å². The first-order valence-electron chi connectivity index (χ1n) is 5.41. The van der Waals surface area contributed by atoms with Crippen LogP contribution in [0.2, 0.25) is 0 Å². The van der Waals surface area contributed by atoms with Crippen molar-refractivity contribution in [3.05, 3.63) is 47.5 Å². The number of nitrogens with one attached hydrogen (secondary N) is 1. The van der Waals surface area contributed by atoms with E-state index in [1.165, 1.54) is 11.1 Å². The monoisotopic (exact) mass is 230 g/mol. The second kappa shape index (κ2) is 4.82. The van der Waals surface area contributed by atoms with Gasteiger partial charge < -0.3 is 15.2 Å². The van der Waals surface area contributed by atoms with E-state index in [9.17, 15) is 14.7 Å². The van der Waals surface area contributed by atoms with Crippen molar-refractivity contribution < 1.29 is 14.7 Å². The van der Waals surface area contributed by atoms with Gasteiger partial charge in [0.1, 0.15) is 0 Å². The van der Waals surface area contributed by atoms with Crippen LogP contribution in [-0.4, -0.2) is 17.9 Å². The fourth-order valence-electron chi connectivity index (χ4n) is 2.05. The van der Waals surface area contributed by atoms with E-state index < -0.39 is 11.9 Å². The number of carbonyl (C=O) groups excluding carboxylic acids is 2. The highest BCUT2D eigenvalue weighted by molar-refractivity contribution is 5.93. The van der Waals surface area contributed by atoms with Crippen molar-refractivity contribution in [2.24, 2.45) is 0 Å². The van der Waals surface area contributed by atoms with Crippen molar-refractivity contribution >= 4 is 11.9 Å². The quantitative estimate of drug-likeness (QED) is 0.717. The fourth-order valence-corrected chi connectivity index (χ4v) is 2.05. The molecule has 1 aliphatic rings. The summed E-state index contributed by atoms with van der Waals surface area (Å²) in [6.45, 7) is 0. The Morgan fingerprint density at radius 3 is 2.29 bits per heavy atom. The third kappa shape index (κ3) is 2.93. The molecule has 0 atom stereocenters. The first kappa shape index (κ1) is 11.4. The molecule has 0 heterocycles. The number of aliphatic carboxylic acids is 1. The van der Waals surface area contributed by atoms with Crippen molar-refractivity contribution in [1.29, 1.82) is 0 Å². The number of carboxylic acid groups (broad SMARTS) is 1. The Morgan fingerprint density at radius 1 is 1.18 bits per heavy atom. The van der Waals surface area contributed by atoms with Crippen molar-refractivity contribution in [3.63, 3.8) is 0 Å². The first-order valence-corrected chi connectivity index (χ1v) is 5.41. The molecule has 0 saturated heterocycles. The van der Waals surface area contributed by atoms with Crippen LogP contribution < -0.4 is 10.4 Å². The predicted octanol–water partition coefficient (Wildman–Crippen LogP) is -0.424. The number of rotatable bonds is 3. The minimum Gasteiger partial charge on any atom is -0.545 e. The van der Waals surface area contributed by atoms with Gasteiger partial charge in [-0.05, 0) is 30.0 Å². The zero-order valence-corrected chi connectivity index (χ0v) is 9.18. The Kier molecular flexibility index (Phi) is 3.23. The summed E-state index contributed by atoms with van der Waals surface area (Å²) in [7, 11) is 0. The highest BCUT2D eigenvalue weighted by atomic mass is 16.4. The SMILES string of the molecule is O=C([O-])/C=C/C(=O)NC1Cc2ccccc2C1. The van der Waals surface area contributed by atoms with E-state index in [1.54, 1.807) is 0 Å². The van der Waals surface area contributed by atoms with Gasteiger partial charge in [0.15, 0.2) is 0 Å². The summed E-state index contributed by atoms with van der Waals surface area (Å²) in [5, 5.41) is 12.9. The van der Waals surface area contributed by atoms with Gasteiger partial charge in [-0.1, -0.05) is 24.3 Å². The first-order chi connectivity index (χ1) is 8.15. The zero-order chi connectivity index (χ0) is 12.3. The van der Waals surface area contributed by atoms with Gasteiger partial charge >= 0.3 is 0 Å². The number of carboxylic acids is 1. The van der Waals surface area contributed by atoms with Crippen LogP contribution in [0, 0.1) is 0 Å². The van der Waals surface area contributed by atoms with E-state index in [-0.39, 0.29) is 6.04 Å². The average Bonchev–Trinajstić information content (AvgIpc) is 2.68. The summed E-state index contributed by atoms with van der Waals surface area (Å²) in [5.41, 5.74) is 2.48. The number of amides is 1. The molecule has 0 fully saturated rings. The number of hydrogen-bond acceptors (Lipinski definition) is 3. The van der Waals surface area contributed by atoms with E-state index >= 15 is 0 Å². The van der Waals surface area contributed by atoms with Crippen LogP contribution in [-0.2, 0) is 22.4 Å². The van der Waals surface area contributed by atoms with Gasteiger partial charge in [-0.2, -0.15) is 0 Å². The maximum Gasteiger partial charge on any atom is 0.244 e. The molecule has 17 heavy (non-hydrogen) atoms. The Balaban J connectivity index is 1.92. The number of carbonyl (C=O) groups is 2. The number of benzene rings is 1. The third-order valence-electron chi connectivity index (χ3n) is 2.77. The van der Waals surface area contributed by atoms with Crippen LogP contribution in [0.3, 0.4) is 0 Å². The molecule has 88 valence electrons. The van der Waals surface area contributed by atoms with Crippen molar-refractivity contribution in [1.82, 2.24) is 5.32 Å². The molecule has 4 heteroatoms. The third-order valence-corrected chi connectivity index (χ3v) is 2.77. The standard InChI is InChI=1S/C13H13NO3/c15-12(5-6-13(16)17)14-11-7-9-3-1-2-4-10(9)8-11/h1-6,11H,7-8H2,(H,14,15)(H,16,17)/p-1/b6-5+. The van der Waals surface area contributed by atoms with Crippen LogP contribution >= 0.6 is 0 Å². The lowest BCUT2D eigenvalue weighted by atomic mass is 10.1. The second-order valence-electron chi connectivity index (χ2n) is 4.03. The molecule has 2 rings (SSSR count). The molecule has 1 N–H and O–H groups in total. The van der Waals surface area contributed by atoms with Crippen LogP contribution in [0.5, 0.6) is 0 Å². The summed E-state index contributed by atoms with van der Waals surface area (Å²) in [4.78, 5) is 21.5. The van der Waals surface area contributed by atoms with E-state index in [0.717, 1.165) is 25.0 Å². The van der Waals surface area contributed by atoms with E-state index in [4.69, 9.17) is 0 Å². The predicted molar refractivity (Wildman–Crippen MR) is 59.9 cm³/mol. The van der Waals surface area contributed by atoms with Crippen LogP contribution in [0.25, 0.3) is 0 Å². The van der Waals surface area contributed by atoms with Gasteiger partial charge in [-0.15, -0.1) is 0 Å². The lowest BCUT2D eigenvalue weighted by Gasteiger charge is -2.09. The molecule has 0 aliphatic heterocycles. The van der Waals surface area contributed by atoms with Crippen LogP contribution in [0.4, 0.5) is 0 Å². The van der Waals surface area contributed by atoms with Gasteiger partial charge in [0, 0.05) is 12.1 Å². The average molecular weight is 230 g/mol. The Labute approximate surface area is 99.0 Å². The van der Waals surface area contributed by atoms with E-state index in [2.05, 4.69) is 5.32 Å². The summed E-state index contributed by atoms with van der Waals surface area (Å²) in [6.07, 6.45) is 3.30. The highest BCUT2D eigenvalue weighted by Gasteiger charge is 2.21. The molecule has 1 aromatic carbocycles. The molecule has 0 spiro atoms. The molecule has 1 aliphatic carbocycles. The van der Waals surface area contributed by atoms with E-state index in [1.807, 2.05) is 24.3 Å². The maximum absolute atomic E-state index is 11.4. The molecule has 4 nitrogen and oxygen atoms in total. The Morgan fingerprint density at radius 2 is 1.76 bits per heavy atom.